The van der Waals surface area contributed by atoms with Crippen LogP contribution >= 0.6 is 0 Å². The fraction of sp³-hybridized carbons (Fsp3) is 0.200. The van der Waals surface area contributed by atoms with Gasteiger partial charge >= 0.3 is 0 Å². The Morgan fingerprint density at radius 3 is 2.47 bits per heavy atom. The van der Waals surface area contributed by atoms with Crippen molar-refractivity contribution in [3.63, 3.8) is 0 Å². The molecule has 0 aliphatic carbocycles. The maximum Gasteiger partial charge on any atom is 0.273 e. The molecule has 0 spiro atoms. The molecule has 0 amide bonds. The molecular weight excluding hydrogens is 240 g/mol. The first kappa shape index (κ1) is 12.9. The van der Waals surface area contributed by atoms with Gasteiger partial charge in [0, 0.05) is 11.4 Å². The second kappa shape index (κ2) is 5.40. The van der Waals surface area contributed by atoms with E-state index in [2.05, 4.69) is 0 Å². The molecule has 0 bridgehead atoms. The van der Waals surface area contributed by atoms with E-state index in [1.807, 2.05) is 32.0 Å². The molecule has 4 heteroatoms. The van der Waals surface area contributed by atoms with Crippen LogP contribution in [0.4, 0.5) is 0 Å². The van der Waals surface area contributed by atoms with Crippen LogP contribution in [-0.2, 0) is 0 Å². The first-order valence-corrected chi connectivity index (χ1v) is 6.03. The molecule has 2 aromatic rings. The summed E-state index contributed by atoms with van der Waals surface area (Å²) in [6.45, 7) is 4.35. The fourth-order valence-electron chi connectivity index (χ4n) is 1.89. The van der Waals surface area contributed by atoms with Gasteiger partial charge in [0.25, 0.3) is 5.56 Å². The maximum absolute atomic E-state index is 12.1. The Labute approximate surface area is 111 Å². The van der Waals surface area contributed by atoms with Crippen LogP contribution in [0.3, 0.4) is 0 Å². The molecule has 0 aliphatic rings. The van der Waals surface area contributed by atoms with Crippen LogP contribution in [0.25, 0.3) is 5.69 Å². The van der Waals surface area contributed by atoms with Crippen LogP contribution in [-0.4, -0.2) is 11.2 Å². The Morgan fingerprint density at radius 1 is 1.21 bits per heavy atom. The average molecular weight is 254 g/mol. The lowest BCUT2D eigenvalue weighted by molar-refractivity contribution is 0.340. The van der Waals surface area contributed by atoms with Crippen molar-refractivity contribution in [2.45, 2.75) is 13.8 Å². The van der Waals surface area contributed by atoms with Crippen LogP contribution in [0.2, 0.25) is 0 Å². The third-order valence-electron chi connectivity index (χ3n) is 2.80. The Morgan fingerprint density at radius 2 is 1.89 bits per heavy atom. The third-order valence-corrected chi connectivity index (χ3v) is 2.80. The van der Waals surface area contributed by atoms with E-state index in [9.17, 15) is 4.79 Å². The van der Waals surface area contributed by atoms with Gasteiger partial charge in [-0.3, -0.25) is 9.36 Å². The number of pyridine rings is 1. The van der Waals surface area contributed by atoms with Crippen molar-refractivity contribution in [2.75, 3.05) is 6.61 Å². The smallest absolute Gasteiger partial charge is 0.273 e. The molecule has 4 nitrogen and oxygen atoms in total. The highest BCUT2D eigenvalue weighted by molar-refractivity contribution is 5.41. The molecule has 0 saturated heterocycles. The van der Waals surface area contributed by atoms with Gasteiger partial charge in [-0.2, -0.15) is 5.26 Å². The van der Waals surface area contributed by atoms with Gasteiger partial charge in [-0.1, -0.05) is 0 Å². The predicted molar refractivity (Wildman–Crippen MR) is 72.7 cm³/mol. The molecule has 0 N–H and O–H groups in total. The number of nitrogens with zero attached hydrogens (tertiary/aromatic N) is 2. The summed E-state index contributed by atoms with van der Waals surface area (Å²) in [5.74, 6) is 0.758. The van der Waals surface area contributed by atoms with Gasteiger partial charge in [-0.15, -0.1) is 0 Å². The monoisotopic (exact) mass is 254 g/mol. The fourth-order valence-corrected chi connectivity index (χ4v) is 1.89. The van der Waals surface area contributed by atoms with Crippen molar-refractivity contribution in [1.29, 1.82) is 5.26 Å². The molecule has 0 radical (unpaired) electrons. The predicted octanol–water partition coefficient (Wildman–Crippen LogP) is 2.42. The van der Waals surface area contributed by atoms with Crippen LogP contribution in [0.15, 0.2) is 41.2 Å². The molecule has 1 aromatic heterocycles. The molecule has 0 aliphatic heterocycles. The minimum absolute atomic E-state index is 0.138. The number of nitriles is 1. The summed E-state index contributed by atoms with van der Waals surface area (Å²) in [5.41, 5.74) is 1.35. The Bertz CT molecular complexity index is 679. The lowest BCUT2D eigenvalue weighted by Crippen LogP contribution is -2.22. The van der Waals surface area contributed by atoms with Crippen molar-refractivity contribution in [3.05, 3.63) is 58.0 Å². The molecule has 1 heterocycles. The van der Waals surface area contributed by atoms with Gasteiger partial charge in [0.2, 0.25) is 0 Å². The second-order valence-corrected chi connectivity index (χ2v) is 4.07. The summed E-state index contributed by atoms with van der Waals surface area (Å²) >= 11 is 0. The largest absolute Gasteiger partial charge is 0.494 e. The van der Waals surface area contributed by atoms with E-state index in [1.165, 1.54) is 4.57 Å². The molecule has 0 saturated carbocycles. The summed E-state index contributed by atoms with van der Waals surface area (Å²) < 4.78 is 6.88. The van der Waals surface area contributed by atoms with Crippen LogP contribution in [0.1, 0.15) is 18.2 Å². The number of benzene rings is 1. The minimum atomic E-state index is -0.299. The number of hydrogen-bond donors (Lipinski definition) is 0. The summed E-state index contributed by atoms with van der Waals surface area (Å²) in [5, 5.41) is 8.91. The summed E-state index contributed by atoms with van der Waals surface area (Å²) in [7, 11) is 0. The second-order valence-electron chi connectivity index (χ2n) is 4.07. The molecule has 1 aromatic carbocycles. The van der Waals surface area contributed by atoms with Gasteiger partial charge in [0.05, 0.1) is 6.61 Å². The van der Waals surface area contributed by atoms with Crippen molar-refractivity contribution in [1.82, 2.24) is 4.57 Å². The number of rotatable bonds is 3. The van der Waals surface area contributed by atoms with E-state index in [4.69, 9.17) is 10.00 Å². The molecule has 0 atom stereocenters. The molecule has 96 valence electrons. The van der Waals surface area contributed by atoms with E-state index in [0.717, 1.165) is 17.1 Å². The highest BCUT2D eigenvalue weighted by atomic mass is 16.5. The van der Waals surface area contributed by atoms with E-state index >= 15 is 0 Å². The Kier molecular flexibility index (Phi) is 3.67. The van der Waals surface area contributed by atoms with Crippen molar-refractivity contribution in [2.24, 2.45) is 0 Å². The van der Waals surface area contributed by atoms with E-state index < -0.39 is 0 Å². The highest BCUT2D eigenvalue weighted by Crippen LogP contribution is 2.15. The summed E-state index contributed by atoms with van der Waals surface area (Å²) in [6.07, 6.45) is 0. The van der Waals surface area contributed by atoms with Gasteiger partial charge in [0.1, 0.15) is 17.4 Å². The molecule has 0 fully saturated rings. The lowest BCUT2D eigenvalue weighted by atomic mass is 10.2. The van der Waals surface area contributed by atoms with Crippen molar-refractivity contribution < 1.29 is 4.74 Å². The number of hydrogen-bond acceptors (Lipinski definition) is 3. The van der Waals surface area contributed by atoms with E-state index in [-0.39, 0.29) is 11.1 Å². The Hall–Kier alpha value is -2.54. The standard InChI is InChI=1S/C15H14N2O2/c1-3-19-14-8-6-13(7-9-14)17-11(2)4-5-12(10-16)15(17)18/h4-9H,3H2,1-2H3. The quantitative estimate of drug-likeness (QED) is 0.845. The highest BCUT2D eigenvalue weighted by Gasteiger charge is 2.07. The van der Waals surface area contributed by atoms with Gasteiger partial charge in [-0.25, -0.2) is 0 Å². The van der Waals surface area contributed by atoms with Gasteiger partial charge in [-0.05, 0) is 50.2 Å². The molecule has 0 unspecified atom stereocenters. The summed E-state index contributed by atoms with van der Waals surface area (Å²) in [6, 6.07) is 12.4. The first-order chi connectivity index (χ1) is 9.17. The number of aryl methyl sites for hydroxylation is 1. The van der Waals surface area contributed by atoms with E-state index in [0.29, 0.717) is 6.61 Å². The number of ether oxygens (including phenoxy) is 1. The number of aromatic nitrogens is 1. The maximum atomic E-state index is 12.1. The Balaban J connectivity index is 2.53. The zero-order valence-electron chi connectivity index (χ0n) is 10.9. The molecular formula is C15H14N2O2. The van der Waals surface area contributed by atoms with Gasteiger partial charge < -0.3 is 4.74 Å². The zero-order valence-corrected chi connectivity index (χ0v) is 10.9. The zero-order chi connectivity index (χ0) is 13.8. The van der Waals surface area contributed by atoms with Crippen LogP contribution < -0.4 is 10.3 Å². The minimum Gasteiger partial charge on any atom is -0.494 e. The van der Waals surface area contributed by atoms with Crippen LogP contribution in [0, 0.1) is 18.3 Å². The van der Waals surface area contributed by atoms with Crippen molar-refractivity contribution in [3.8, 4) is 17.5 Å². The van der Waals surface area contributed by atoms with Crippen LogP contribution in [0.5, 0.6) is 5.75 Å². The normalized spacial score (nSPS) is 9.95. The molecule has 2 rings (SSSR count). The van der Waals surface area contributed by atoms with Crippen molar-refractivity contribution >= 4 is 0 Å². The SMILES string of the molecule is CCOc1ccc(-n2c(C)ccc(C#N)c2=O)cc1. The lowest BCUT2D eigenvalue weighted by Gasteiger charge is -2.11. The van der Waals surface area contributed by atoms with E-state index in [1.54, 1.807) is 24.3 Å². The summed E-state index contributed by atoms with van der Waals surface area (Å²) in [4.78, 5) is 12.1. The van der Waals surface area contributed by atoms with Gasteiger partial charge in [0.15, 0.2) is 0 Å². The topological polar surface area (TPSA) is 55.0 Å². The average Bonchev–Trinajstić information content (AvgIpc) is 2.41. The third kappa shape index (κ3) is 2.50. The first-order valence-electron chi connectivity index (χ1n) is 6.03. The molecule has 19 heavy (non-hydrogen) atoms.